The van der Waals surface area contributed by atoms with Gasteiger partial charge in [-0.3, -0.25) is 0 Å². The molecule has 0 amide bonds. The van der Waals surface area contributed by atoms with Crippen LogP contribution in [-0.2, 0) is 16.6 Å². The van der Waals surface area contributed by atoms with Crippen molar-refractivity contribution in [2.24, 2.45) is 0 Å². The summed E-state index contributed by atoms with van der Waals surface area (Å²) < 4.78 is 45.5. The molecule has 0 aliphatic rings. The number of halogens is 2. The predicted octanol–water partition coefficient (Wildman–Crippen LogP) is 2.37. The minimum absolute atomic E-state index is 0.623. The molecule has 0 bridgehead atoms. The van der Waals surface area contributed by atoms with Gasteiger partial charge in [-0.1, -0.05) is 30.3 Å². The summed E-state index contributed by atoms with van der Waals surface area (Å²) >= 11 is -2.50. The summed E-state index contributed by atoms with van der Waals surface area (Å²) in [6.07, 6.45) is 0. The van der Waals surface area contributed by atoms with E-state index in [1.165, 1.54) is 0 Å². The van der Waals surface area contributed by atoms with Crippen LogP contribution < -0.4 is 5.32 Å². The lowest BCUT2D eigenvalue weighted by atomic mass is 9.94. The number of rotatable bonds is 6. The van der Waals surface area contributed by atoms with Gasteiger partial charge in [-0.2, -0.15) is 0 Å². The number of alkyl halides is 2. The fourth-order valence-corrected chi connectivity index (χ4v) is 2.00. The molecule has 18 heavy (non-hydrogen) atoms. The normalized spacial score (nSPS) is 14.5. The van der Waals surface area contributed by atoms with Crippen molar-refractivity contribution in [2.75, 3.05) is 12.3 Å². The fraction of sp³-hybridized carbons (Fsp3) is 0.500. The molecule has 0 saturated carbocycles. The largest absolute Gasteiger partial charge is 0.306 e. The average molecular weight is 277 g/mol. The molecule has 0 fully saturated rings. The van der Waals surface area contributed by atoms with E-state index in [4.69, 9.17) is 4.55 Å². The van der Waals surface area contributed by atoms with Crippen molar-refractivity contribution in [3.63, 3.8) is 0 Å². The van der Waals surface area contributed by atoms with Gasteiger partial charge in [0.1, 0.15) is 5.75 Å². The first-order valence-electron chi connectivity index (χ1n) is 5.49. The second-order valence-corrected chi connectivity index (χ2v) is 5.60. The maximum Gasteiger partial charge on any atom is 0.273 e. The second-order valence-electron chi connectivity index (χ2n) is 4.67. The van der Waals surface area contributed by atoms with Crippen LogP contribution in [0, 0.1) is 0 Å². The predicted molar refractivity (Wildman–Crippen MR) is 68.1 cm³/mol. The van der Waals surface area contributed by atoms with Crippen molar-refractivity contribution >= 4 is 11.1 Å². The second kappa shape index (κ2) is 5.86. The third-order valence-electron chi connectivity index (χ3n) is 2.62. The monoisotopic (exact) mass is 277 g/mol. The van der Waals surface area contributed by atoms with E-state index in [-0.39, 0.29) is 0 Å². The molecule has 6 heteroatoms. The van der Waals surface area contributed by atoms with Gasteiger partial charge in [0.25, 0.3) is 5.92 Å². The summed E-state index contributed by atoms with van der Waals surface area (Å²) in [5, 5.41) is 2.73. The van der Waals surface area contributed by atoms with Crippen LogP contribution in [0.1, 0.15) is 19.4 Å². The van der Waals surface area contributed by atoms with E-state index in [2.05, 4.69) is 5.32 Å². The number of benzene rings is 1. The zero-order valence-corrected chi connectivity index (χ0v) is 11.1. The Morgan fingerprint density at radius 3 is 2.33 bits per heavy atom. The van der Waals surface area contributed by atoms with Crippen molar-refractivity contribution in [3.05, 3.63) is 35.9 Å². The van der Waals surface area contributed by atoms with Crippen molar-refractivity contribution in [1.82, 2.24) is 5.32 Å². The Balaban J connectivity index is 2.65. The van der Waals surface area contributed by atoms with Crippen molar-refractivity contribution < 1.29 is 17.5 Å². The van der Waals surface area contributed by atoms with Gasteiger partial charge in [0.05, 0.1) is 6.54 Å². The van der Waals surface area contributed by atoms with Gasteiger partial charge < -0.3 is 9.87 Å². The van der Waals surface area contributed by atoms with E-state index in [9.17, 15) is 13.0 Å². The van der Waals surface area contributed by atoms with Gasteiger partial charge in [0, 0.05) is 5.54 Å². The zero-order valence-electron chi connectivity index (χ0n) is 10.3. The molecule has 0 radical (unpaired) electrons. The highest BCUT2D eigenvalue weighted by Crippen LogP contribution is 2.22. The molecule has 1 rings (SSSR count). The molecule has 0 aliphatic carbocycles. The Morgan fingerprint density at radius 2 is 1.83 bits per heavy atom. The quantitative estimate of drug-likeness (QED) is 0.785. The SMILES string of the molecule is CC(C)(NCC(F)(F)CS(=O)O)c1ccccc1. The molecule has 1 unspecified atom stereocenters. The molecular weight excluding hydrogens is 260 g/mol. The lowest BCUT2D eigenvalue weighted by molar-refractivity contribution is 0.0188. The third kappa shape index (κ3) is 4.80. The van der Waals surface area contributed by atoms with E-state index in [1.807, 2.05) is 30.3 Å². The molecule has 0 aliphatic heterocycles. The summed E-state index contributed by atoms with van der Waals surface area (Å²) in [6.45, 7) is 2.93. The van der Waals surface area contributed by atoms with Crippen LogP contribution in [0.4, 0.5) is 8.78 Å². The van der Waals surface area contributed by atoms with Crippen LogP contribution in [0.15, 0.2) is 30.3 Å². The van der Waals surface area contributed by atoms with Crippen LogP contribution in [0.2, 0.25) is 0 Å². The molecule has 0 spiro atoms. The van der Waals surface area contributed by atoms with Gasteiger partial charge in [-0.25, -0.2) is 13.0 Å². The van der Waals surface area contributed by atoms with Gasteiger partial charge >= 0.3 is 0 Å². The maximum atomic E-state index is 13.3. The third-order valence-corrected chi connectivity index (χ3v) is 3.29. The molecule has 2 N–H and O–H groups in total. The molecule has 102 valence electrons. The molecule has 0 heterocycles. The van der Waals surface area contributed by atoms with Crippen LogP contribution in [0.5, 0.6) is 0 Å². The highest BCUT2D eigenvalue weighted by atomic mass is 32.2. The highest BCUT2D eigenvalue weighted by molar-refractivity contribution is 7.79. The first-order valence-corrected chi connectivity index (χ1v) is 6.76. The molecule has 1 aromatic rings. The van der Waals surface area contributed by atoms with E-state index >= 15 is 0 Å². The number of hydrogen-bond donors (Lipinski definition) is 2. The molecule has 0 aromatic heterocycles. The van der Waals surface area contributed by atoms with E-state index < -0.39 is 34.8 Å². The Bertz CT molecular complexity index is 410. The summed E-state index contributed by atoms with van der Waals surface area (Å²) in [4.78, 5) is 0. The number of hydrogen-bond acceptors (Lipinski definition) is 2. The van der Waals surface area contributed by atoms with Gasteiger partial charge in [0.2, 0.25) is 0 Å². The van der Waals surface area contributed by atoms with Crippen molar-refractivity contribution in [3.8, 4) is 0 Å². The Hall–Kier alpha value is -0.850. The summed E-state index contributed by atoms with van der Waals surface area (Å²) in [5.74, 6) is -4.25. The van der Waals surface area contributed by atoms with Crippen molar-refractivity contribution in [2.45, 2.75) is 25.3 Å². The van der Waals surface area contributed by atoms with Crippen LogP contribution >= 0.6 is 0 Å². The lowest BCUT2D eigenvalue weighted by Gasteiger charge is -2.29. The summed E-state index contributed by atoms with van der Waals surface area (Å²) in [6, 6.07) is 9.20. The molecule has 1 atom stereocenters. The van der Waals surface area contributed by atoms with E-state index in [0.29, 0.717) is 0 Å². The van der Waals surface area contributed by atoms with E-state index in [1.54, 1.807) is 13.8 Å². The van der Waals surface area contributed by atoms with Crippen LogP contribution in [-0.4, -0.2) is 27.0 Å². The molecular formula is C12H17F2NO2S. The Labute approximate surface area is 108 Å². The smallest absolute Gasteiger partial charge is 0.273 e. The molecule has 3 nitrogen and oxygen atoms in total. The zero-order chi connectivity index (χ0) is 13.8. The minimum Gasteiger partial charge on any atom is -0.306 e. The van der Waals surface area contributed by atoms with Gasteiger partial charge in [0.15, 0.2) is 11.1 Å². The summed E-state index contributed by atoms with van der Waals surface area (Å²) in [5.41, 5.74) is 0.257. The Kier molecular flexibility index (Phi) is 4.95. The fourth-order valence-electron chi connectivity index (χ4n) is 1.54. The van der Waals surface area contributed by atoms with Crippen LogP contribution in [0.25, 0.3) is 0 Å². The topological polar surface area (TPSA) is 49.3 Å². The minimum atomic E-state index is -3.20. The first kappa shape index (κ1) is 15.2. The highest BCUT2D eigenvalue weighted by Gasteiger charge is 2.34. The maximum absolute atomic E-state index is 13.3. The molecule has 0 saturated heterocycles. The average Bonchev–Trinajstić information content (AvgIpc) is 2.26. The first-order chi connectivity index (χ1) is 8.23. The Morgan fingerprint density at radius 1 is 1.28 bits per heavy atom. The van der Waals surface area contributed by atoms with E-state index in [0.717, 1.165) is 5.56 Å². The van der Waals surface area contributed by atoms with Crippen LogP contribution in [0.3, 0.4) is 0 Å². The number of nitrogens with one attached hydrogen (secondary N) is 1. The summed E-state index contributed by atoms with van der Waals surface area (Å²) in [7, 11) is 0. The molecule has 1 aromatic carbocycles. The van der Waals surface area contributed by atoms with Gasteiger partial charge in [-0.15, -0.1) is 0 Å². The standard InChI is InChI=1S/C12H17F2NO2S/c1-11(2,10-6-4-3-5-7-10)15-8-12(13,14)9-18(16)17/h3-7,15H,8-9H2,1-2H3,(H,16,17). The van der Waals surface area contributed by atoms with Gasteiger partial charge in [-0.05, 0) is 19.4 Å². The lowest BCUT2D eigenvalue weighted by Crippen LogP contribution is -2.45. The van der Waals surface area contributed by atoms with Crippen molar-refractivity contribution in [1.29, 1.82) is 0 Å².